The first-order chi connectivity index (χ1) is 7.68. The molecule has 0 radical (unpaired) electrons. The fraction of sp³-hybridized carbons (Fsp3) is 0.500. The van der Waals surface area contributed by atoms with Crippen molar-refractivity contribution in [2.45, 2.75) is 18.9 Å². The monoisotopic (exact) mass is 260 g/mol. The van der Waals surface area contributed by atoms with Gasteiger partial charge in [0.25, 0.3) is 0 Å². The van der Waals surface area contributed by atoms with Crippen LogP contribution in [0.1, 0.15) is 12.0 Å². The van der Waals surface area contributed by atoms with E-state index in [0.717, 1.165) is 5.56 Å². The highest BCUT2D eigenvalue weighted by Crippen LogP contribution is 2.29. The second-order valence-corrected chi connectivity index (χ2v) is 4.91. The molecule has 0 aromatic heterocycles. The minimum absolute atomic E-state index is 0.0890. The second-order valence-electron chi connectivity index (χ2n) is 4.10. The fourth-order valence-corrected chi connectivity index (χ4v) is 2.52. The summed E-state index contributed by atoms with van der Waals surface area (Å²) in [6.07, 6.45) is 1.04. The Bertz CT molecular complexity index is 348. The molecule has 1 aromatic carbocycles. The van der Waals surface area contributed by atoms with Crippen molar-refractivity contribution < 1.29 is 9.84 Å². The molecule has 0 saturated carbocycles. The molecule has 16 heavy (non-hydrogen) atoms. The highest BCUT2D eigenvalue weighted by atomic mass is 35.5. The van der Waals surface area contributed by atoms with E-state index in [2.05, 4.69) is 0 Å². The highest BCUT2D eigenvalue weighted by Gasteiger charge is 2.25. The average molecular weight is 261 g/mol. The van der Waals surface area contributed by atoms with Gasteiger partial charge in [-0.2, -0.15) is 0 Å². The van der Waals surface area contributed by atoms with Crippen LogP contribution < -0.4 is 0 Å². The molecule has 2 nitrogen and oxygen atoms in total. The van der Waals surface area contributed by atoms with E-state index < -0.39 is 0 Å². The minimum atomic E-state index is -0.318. The summed E-state index contributed by atoms with van der Waals surface area (Å²) in [7, 11) is 0. The molecule has 1 N–H and O–H groups in total. The van der Waals surface area contributed by atoms with Gasteiger partial charge in [0.15, 0.2) is 0 Å². The van der Waals surface area contributed by atoms with E-state index in [4.69, 9.17) is 27.9 Å². The van der Waals surface area contributed by atoms with Gasteiger partial charge in [-0.25, -0.2) is 0 Å². The van der Waals surface area contributed by atoms with Gasteiger partial charge in [-0.05, 0) is 30.5 Å². The molecule has 4 heteroatoms. The number of rotatable bonds is 2. The Hall–Kier alpha value is -0.280. The van der Waals surface area contributed by atoms with Crippen LogP contribution in [-0.2, 0) is 11.2 Å². The van der Waals surface area contributed by atoms with Gasteiger partial charge in [-0.1, -0.05) is 29.3 Å². The molecule has 1 heterocycles. The maximum Gasteiger partial charge on any atom is 0.0615 e. The second kappa shape index (κ2) is 5.37. The summed E-state index contributed by atoms with van der Waals surface area (Å²) in [5.41, 5.74) is 0.903. The van der Waals surface area contributed by atoms with Crippen LogP contribution in [0.15, 0.2) is 18.2 Å². The zero-order valence-electron chi connectivity index (χ0n) is 8.83. The third-order valence-electron chi connectivity index (χ3n) is 2.96. The van der Waals surface area contributed by atoms with Crippen molar-refractivity contribution in [3.05, 3.63) is 33.8 Å². The topological polar surface area (TPSA) is 29.5 Å². The molecule has 0 unspecified atom stereocenters. The van der Waals surface area contributed by atoms with Crippen molar-refractivity contribution >= 4 is 23.2 Å². The van der Waals surface area contributed by atoms with Crippen LogP contribution in [0.3, 0.4) is 0 Å². The molecular formula is C12H14Cl2O2. The number of aliphatic hydroxyl groups excluding tert-OH is 1. The first-order valence-electron chi connectivity index (χ1n) is 5.37. The number of hydrogen-bond acceptors (Lipinski definition) is 2. The van der Waals surface area contributed by atoms with E-state index in [0.29, 0.717) is 36.1 Å². The van der Waals surface area contributed by atoms with Crippen LogP contribution >= 0.6 is 23.2 Å². The molecule has 1 saturated heterocycles. The van der Waals surface area contributed by atoms with E-state index in [1.54, 1.807) is 0 Å². The Morgan fingerprint density at radius 2 is 2.00 bits per heavy atom. The van der Waals surface area contributed by atoms with Crippen LogP contribution in [-0.4, -0.2) is 24.4 Å². The third-order valence-corrected chi connectivity index (χ3v) is 3.67. The Morgan fingerprint density at radius 1 is 1.31 bits per heavy atom. The lowest BCUT2D eigenvalue weighted by Gasteiger charge is -2.28. The molecule has 1 aliphatic heterocycles. The Labute approximate surface area is 105 Å². The van der Waals surface area contributed by atoms with E-state index in [1.807, 2.05) is 18.2 Å². The minimum Gasteiger partial charge on any atom is -0.393 e. The standard InChI is InChI=1S/C12H14Cl2O2/c13-10-2-1-3-11(14)9(10)6-8-7-16-5-4-12(8)15/h1-3,8,12,15H,4-7H2/t8-,12-/m1/s1. The fourth-order valence-electron chi connectivity index (χ4n) is 1.97. The molecule has 1 aromatic rings. The Morgan fingerprint density at radius 3 is 2.62 bits per heavy atom. The summed E-state index contributed by atoms with van der Waals surface area (Å²) in [5.74, 6) is 0.0890. The summed E-state index contributed by atoms with van der Waals surface area (Å²) >= 11 is 12.2. The predicted molar refractivity (Wildman–Crippen MR) is 65.1 cm³/mol. The Kier molecular flexibility index (Phi) is 4.09. The normalized spacial score (nSPS) is 25.7. The quantitative estimate of drug-likeness (QED) is 0.886. The molecule has 0 spiro atoms. The molecule has 0 aliphatic carbocycles. The summed E-state index contributed by atoms with van der Waals surface area (Å²) in [5, 5.41) is 11.2. The van der Waals surface area contributed by atoms with Crippen molar-refractivity contribution in [3.63, 3.8) is 0 Å². The lowest BCUT2D eigenvalue weighted by molar-refractivity contribution is -0.0350. The summed E-state index contributed by atoms with van der Waals surface area (Å²) in [4.78, 5) is 0. The zero-order chi connectivity index (χ0) is 11.5. The first-order valence-corrected chi connectivity index (χ1v) is 6.13. The van der Waals surface area contributed by atoms with Gasteiger partial charge in [-0.3, -0.25) is 0 Å². The molecule has 2 rings (SSSR count). The number of benzene rings is 1. The van der Waals surface area contributed by atoms with Crippen LogP contribution in [0.25, 0.3) is 0 Å². The van der Waals surface area contributed by atoms with E-state index in [1.165, 1.54) is 0 Å². The van der Waals surface area contributed by atoms with Crippen molar-refractivity contribution in [2.24, 2.45) is 5.92 Å². The van der Waals surface area contributed by atoms with Crippen molar-refractivity contribution in [2.75, 3.05) is 13.2 Å². The molecule has 1 fully saturated rings. The lowest BCUT2D eigenvalue weighted by Crippen LogP contribution is -2.33. The number of ether oxygens (including phenoxy) is 1. The molecule has 88 valence electrons. The smallest absolute Gasteiger partial charge is 0.0615 e. The van der Waals surface area contributed by atoms with Crippen LogP contribution in [0.5, 0.6) is 0 Å². The van der Waals surface area contributed by atoms with E-state index in [-0.39, 0.29) is 12.0 Å². The molecule has 0 amide bonds. The molecular weight excluding hydrogens is 247 g/mol. The SMILES string of the molecule is O[C@@H]1CCOC[C@H]1Cc1c(Cl)cccc1Cl. The van der Waals surface area contributed by atoms with Gasteiger partial charge in [-0.15, -0.1) is 0 Å². The Balaban J connectivity index is 2.13. The van der Waals surface area contributed by atoms with Crippen molar-refractivity contribution in [1.29, 1.82) is 0 Å². The number of aliphatic hydroxyl groups is 1. The average Bonchev–Trinajstić information content (AvgIpc) is 2.26. The van der Waals surface area contributed by atoms with Crippen LogP contribution in [0, 0.1) is 5.92 Å². The van der Waals surface area contributed by atoms with Crippen molar-refractivity contribution in [1.82, 2.24) is 0 Å². The zero-order valence-corrected chi connectivity index (χ0v) is 10.3. The summed E-state index contributed by atoms with van der Waals surface area (Å²) in [6.45, 7) is 1.20. The maximum absolute atomic E-state index is 9.85. The number of halogens is 2. The number of hydrogen-bond donors (Lipinski definition) is 1. The molecule has 0 bridgehead atoms. The van der Waals surface area contributed by atoms with Gasteiger partial charge >= 0.3 is 0 Å². The van der Waals surface area contributed by atoms with Gasteiger partial charge in [0.1, 0.15) is 0 Å². The first kappa shape index (κ1) is 12.2. The van der Waals surface area contributed by atoms with E-state index in [9.17, 15) is 5.11 Å². The van der Waals surface area contributed by atoms with Crippen LogP contribution in [0.2, 0.25) is 10.0 Å². The van der Waals surface area contributed by atoms with Crippen LogP contribution in [0.4, 0.5) is 0 Å². The lowest BCUT2D eigenvalue weighted by atomic mass is 9.91. The molecule has 1 aliphatic rings. The third kappa shape index (κ3) is 2.69. The largest absolute Gasteiger partial charge is 0.393 e. The van der Waals surface area contributed by atoms with Gasteiger partial charge in [0.2, 0.25) is 0 Å². The molecule has 2 atom stereocenters. The van der Waals surface area contributed by atoms with Gasteiger partial charge < -0.3 is 9.84 Å². The van der Waals surface area contributed by atoms with Gasteiger partial charge in [0.05, 0.1) is 12.7 Å². The van der Waals surface area contributed by atoms with E-state index >= 15 is 0 Å². The van der Waals surface area contributed by atoms with Gasteiger partial charge in [0, 0.05) is 22.6 Å². The summed E-state index contributed by atoms with van der Waals surface area (Å²) < 4.78 is 5.36. The maximum atomic E-state index is 9.85. The predicted octanol–water partition coefficient (Wildman–Crippen LogP) is 2.93. The highest BCUT2D eigenvalue weighted by molar-refractivity contribution is 6.35. The van der Waals surface area contributed by atoms with Crippen molar-refractivity contribution in [3.8, 4) is 0 Å². The summed E-state index contributed by atoms with van der Waals surface area (Å²) in [6, 6.07) is 5.46.